The third kappa shape index (κ3) is 2.19. The molecule has 0 radical (unpaired) electrons. The summed E-state index contributed by atoms with van der Waals surface area (Å²) in [6, 6.07) is 6.67. The number of H-pyrrole nitrogens is 1. The number of nitrogens with one attached hydrogen (secondary N) is 1. The summed E-state index contributed by atoms with van der Waals surface area (Å²) < 4.78 is 17.5. The van der Waals surface area contributed by atoms with Gasteiger partial charge in [0.15, 0.2) is 5.69 Å². The number of ether oxygens (including phenoxy) is 1. The number of carbonyl (C=O) groups excluding carboxylic acids is 1. The highest BCUT2D eigenvalue weighted by atomic mass is 19.1. The van der Waals surface area contributed by atoms with E-state index in [9.17, 15) is 9.18 Å². The Labute approximate surface area is 84.7 Å². The van der Waals surface area contributed by atoms with Gasteiger partial charge in [0.2, 0.25) is 0 Å². The number of esters is 1. The molecule has 0 spiro atoms. The van der Waals surface area contributed by atoms with E-state index in [1.54, 1.807) is 0 Å². The molecule has 2 rings (SSSR count). The van der Waals surface area contributed by atoms with Gasteiger partial charge in [-0.15, -0.1) is 0 Å². The Morgan fingerprint density at radius 1 is 1.27 bits per heavy atom. The number of hydrogen-bond donors (Lipinski definition) is 1. The second-order valence-corrected chi connectivity index (χ2v) is 2.80. The first-order valence-corrected chi connectivity index (χ1v) is 4.23. The van der Waals surface area contributed by atoms with Crippen LogP contribution in [0.3, 0.4) is 0 Å². The summed E-state index contributed by atoms with van der Waals surface area (Å²) in [6.45, 7) is 0. The van der Waals surface area contributed by atoms with Crippen LogP contribution >= 0.6 is 0 Å². The summed E-state index contributed by atoms with van der Waals surface area (Å²) in [4.78, 5) is 11.4. The maximum atomic E-state index is 12.5. The Kier molecular flexibility index (Phi) is 2.45. The van der Waals surface area contributed by atoms with Crippen LogP contribution in [0.1, 0.15) is 10.5 Å². The maximum absolute atomic E-state index is 12.5. The van der Waals surface area contributed by atoms with Gasteiger partial charge in [0.05, 0.1) is 0 Å². The molecule has 0 fully saturated rings. The van der Waals surface area contributed by atoms with Gasteiger partial charge in [-0.25, -0.2) is 9.18 Å². The molecular weight excluding hydrogens is 199 g/mol. The summed E-state index contributed by atoms with van der Waals surface area (Å²) in [6.07, 6.45) is 1.52. The summed E-state index contributed by atoms with van der Waals surface area (Å²) in [5.74, 6) is -0.679. The van der Waals surface area contributed by atoms with Crippen LogP contribution in [0.25, 0.3) is 0 Å². The van der Waals surface area contributed by atoms with E-state index in [1.165, 1.54) is 36.5 Å². The minimum absolute atomic E-state index is 0.180. The van der Waals surface area contributed by atoms with Crippen LogP contribution in [0.2, 0.25) is 0 Å². The molecule has 76 valence electrons. The van der Waals surface area contributed by atoms with E-state index in [0.29, 0.717) is 0 Å². The van der Waals surface area contributed by atoms with Crippen molar-refractivity contribution in [1.82, 2.24) is 10.2 Å². The van der Waals surface area contributed by atoms with E-state index in [4.69, 9.17) is 4.74 Å². The number of aromatic amines is 1. The molecule has 4 nitrogen and oxygen atoms in total. The van der Waals surface area contributed by atoms with Gasteiger partial charge < -0.3 is 4.74 Å². The second kappa shape index (κ2) is 3.91. The first-order valence-electron chi connectivity index (χ1n) is 4.23. The number of benzene rings is 1. The normalized spacial score (nSPS) is 9.93. The van der Waals surface area contributed by atoms with Crippen molar-refractivity contribution >= 4 is 5.97 Å². The minimum Gasteiger partial charge on any atom is -0.422 e. The molecule has 1 heterocycles. The van der Waals surface area contributed by atoms with E-state index >= 15 is 0 Å². The van der Waals surface area contributed by atoms with Crippen LogP contribution in [0, 0.1) is 5.82 Å². The first kappa shape index (κ1) is 9.39. The van der Waals surface area contributed by atoms with E-state index in [0.717, 1.165) is 0 Å². The van der Waals surface area contributed by atoms with Crippen LogP contribution in [0.15, 0.2) is 36.5 Å². The fraction of sp³-hybridized carbons (Fsp3) is 0. The molecule has 0 aliphatic carbocycles. The monoisotopic (exact) mass is 206 g/mol. The molecule has 0 bridgehead atoms. The number of nitrogens with zero attached hydrogens (tertiary/aromatic N) is 1. The van der Waals surface area contributed by atoms with E-state index in [2.05, 4.69) is 10.2 Å². The first-order chi connectivity index (χ1) is 7.25. The third-order valence-electron chi connectivity index (χ3n) is 1.73. The molecule has 1 N–H and O–H groups in total. The van der Waals surface area contributed by atoms with E-state index in [-0.39, 0.29) is 17.3 Å². The average molecular weight is 206 g/mol. The molecule has 1 aromatic carbocycles. The van der Waals surface area contributed by atoms with Crippen molar-refractivity contribution < 1.29 is 13.9 Å². The van der Waals surface area contributed by atoms with Crippen LogP contribution in [-0.2, 0) is 0 Å². The largest absolute Gasteiger partial charge is 0.422 e. The Hall–Kier alpha value is -2.17. The van der Waals surface area contributed by atoms with Crippen molar-refractivity contribution in [3.63, 3.8) is 0 Å². The predicted molar refractivity (Wildman–Crippen MR) is 49.9 cm³/mol. The summed E-state index contributed by atoms with van der Waals surface area (Å²) in [5.41, 5.74) is 0.180. The zero-order valence-corrected chi connectivity index (χ0v) is 7.61. The minimum atomic E-state index is -0.581. The number of rotatable bonds is 2. The topological polar surface area (TPSA) is 55.0 Å². The SMILES string of the molecule is O=C(Oc1ccc(F)cc1)c1cc[nH]n1. The van der Waals surface area contributed by atoms with Crippen molar-refractivity contribution in [3.05, 3.63) is 48.0 Å². The standard InChI is InChI=1S/C10H7FN2O2/c11-7-1-3-8(4-2-7)15-10(14)9-5-6-12-13-9/h1-6H,(H,12,13). The highest BCUT2D eigenvalue weighted by Crippen LogP contribution is 2.12. The number of carbonyl (C=O) groups is 1. The Bertz CT molecular complexity index is 451. The number of hydrogen-bond acceptors (Lipinski definition) is 3. The van der Waals surface area contributed by atoms with Crippen LogP contribution in [-0.4, -0.2) is 16.2 Å². The molecule has 2 aromatic rings. The van der Waals surface area contributed by atoms with Gasteiger partial charge in [-0.2, -0.15) is 5.10 Å². The third-order valence-corrected chi connectivity index (χ3v) is 1.73. The van der Waals surface area contributed by atoms with Gasteiger partial charge >= 0.3 is 5.97 Å². The van der Waals surface area contributed by atoms with Crippen molar-refractivity contribution in [3.8, 4) is 5.75 Å². The fourth-order valence-corrected chi connectivity index (χ4v) is 1.04. The molecule has 15 heavy (non-hydrogen) atoms. The molecule has 0 saturated heterocycles. The quantitative estimate of drug-likeness (QED) is 0.601. The van der Waals surface area contributed by atoms with Gasteiger partial charge in [0, 0.05) is 6.20 Å². The van der Waals surface area contributed by atoms with Gasteiger partial charge in [-0.1, -0.05) is 0 Å². The molecule has 0 saturated carbocycles. The van der Waals surface area contributed by atoms with Crippen LogP contribution in [0.5, 0.6) is 5.75 Å². The zero-order valence-electron chi connectivity index (χ0n) is 7.61. The fourth-order valence-electron chi connectivity index (χ4n) is 1.04. The lowest BCUT2D eigenvalue weighted by molar-refractivity contribution is 0.0728. The van der Waals surface area contributed by atoms with Crippen LogP contribution in [0.4, 0.5) is 4.39 Å². The van der Waals surface area contributed by atoms with Crippen LogP contribution < -0.4 is 4.74 Å². The van der Waals surface area contributed by atoms with Gasteiger partial charge in [0.25, 0.3) is 0 Å². The number of aromatic nitrogens is 2. The Balaban J connectivity index is 2.09. The molecular formula is C10H7FN2O2. The van der Waals surface area contributed by atoms with Gasteiger partial charge in [-0.05, 0) is 30.3 Å². The lowest BCUT2D eigenvalue weighted by Gasteiger charge is -2.00. The molecule has 1 aromatic heterocycles. The van der Waals surface area contributed by atoms with E-state index < -0.39 is 5.97 Å². The van der Waals surface area contributed by atoms with Gasteiger partial charge in [-0.3, -0.25) is 5.10 Å². The predicted octanol–water partition coefficient (Wildman–Crippen LogP) is 1.77. The van der Waals surface area contributed by atoms with Gasteiger partial charge in [0.1, 0.15) is 11.6 Å². The lowest BCUT2D eigenvalue weighted by Crippen LogP contribution is -2.08. The highest BCUT2D eigenvalue weighted by molar-refractivity contribution is 5.88. The lowest BCUT2D eigenvalue weighted by atomic mass is 10.3. The summed E-state index contributed by atoms with van der Waals surface area (Å²) in [7, 11) is 0. The molecule has 0 atom stereocenters. The summed E-state index contributed by atoms with van der Waals surface area (Å²) >= 11 is 0. The number of halogens is 1. The van der Waals surface area contributed by atoms with Crippen molar-refractivity contribution in [2.24, 2.45) is 0 Å². The molecule has 0 aliphatic rings. The van der Waals surface area contributed by atoms with E-state index in [1.807, 2.05) is 0 Å². The maximum Gasteiger partial charge on any atom is 0.364 e. The Morgan fingerprint density at radius 2 is 2.00 bits per heavy atom. The summed E-state index contributed by atoms with van der Waals surface area (Å²) in [5, 5.41) is 6.15. The molecule has 0 unspecified atom stereocenters. The smallest absolute Gasteiger partial charge is 0.364 e. The Morgan fingerprint density at radius 3 is 2.60 bits per heavy atom. The second-order valence-electron chi connectivity index (χ2n) is 2.80. The average Bonchev–Trinajstić information content (AvgIpc) is 2.74. The van der Waals surface area contributed by atoms with Crippen molar-refractivity contribution in [2.75, 3.05) is 0 Å². The highest BCUT2D eigenvalue weighted by Gasteiger charge is 2.09. The molecule has 0 aliphatic heterocycles. The molecule has 0 amide bonds. The van der Waals surface area contributed by atoms with Crippen molar-refractivity contribution in [2.45, 2.75) is 0 Å². The molecule has 5 heteroatoms. The zero-order chi connectivity index (χ0) is 10.7. The van der Waals surface area contributed by atoms with Crippen molar-refractivity contribution in [1.29, 1.82) is 0 Å².